The molecule has 0 aromatic heterocycles. The van der Waals surface area contributed by atoms with E-state index in [2.05, 4.69) is 13.3 Å². The van der Waals surface area contributed by atoms with Crippen LogP contribution in [0.25, 0.3) is 0 Å². The summed E-state index contributed by atoms with van der Waals surface area (Å²) in [5, 5.41) is 9.19. The van der Waals surface area contributed by atoms with Crippen molar-refractivity contribution < 1.29 is 5.11 Å². The largest absolute Gasteiger partial charge is 0.393 e. The van der Waals surface area contributed by atoms with Crippen LogP contribution in [0, 0.1) is 12.3 Å². The van der Waals surface area contributed by atoms with Crippen molar-refractivity contribution in [2.45, 2.75) is 38.7 Å². The van der Waals surface area contributed by atoms with Crippen LogP contribution in [-0.2, 0) is 0 Å². The Hall–Kier alpha value is -0.0400. The zero-order valence-electron chi connectivity index (χ0n) is 6.01. The van der Waals surface area contributed by atoms with Gasteiger partial charge in [0.25, 0.3) is 0 Å². The highest BCUT2D eigenvalue weighted by molar-refractivity contribution is 4.79. The minimum absolute atomic E-state index is 0.0139. The predicted octanol–water partition coefficient (Wildman–Crippen LogP) is 1.76. The third kappa shape index (κ3) is 1.98. The van der Waals surface area contributed by atoms with Gasteiger partial charge in [-0.1, -0.05) is 13.3 Å². The van der Waals surface area contributed by atoms with Gasteiger partial charge in [-0.15, -0.1) is 0 Å². The van der Waals surface area contributed by atoms with Crippen molar-refractivity contribution in [2.75, 3.05) is 0 Å². The topological polar surface area (TPSA) is 20.2 Å². The summed E-state index contributed by atoms with van der Waals surface area (Å²) >= 11 is 0. The van der Waals surface area contributed by atoms with Crippen LogP contribution < -0.4 is 0 Å². The summed E-state index contributed by atoms with van der Waals surface area (Å²) in [5.41, 5.74) is 0. The van der Waals surface area contributed by atoms with Gasteiger partial charge in [-0.2, -0.15) is 0 Å². The van der Waals surface area contributed by atoms with Gasteiger partial charge in [0.05, 0.1) is 6.10 Å². The lowest BCUT2D eigenvalue weighted by Gasteiger charge is -2.24. The number of rotatable bonds is 1. The molecule has 0 bridgehead atoms. The van der Waals surface area contributed by atoms with Gasteiger partial charge in [-0.05, 0) is 31.6 Å². The van der Waals surface area contributed by atoms with Crippen LogP contribution in [0.1, 0.15) is 32.6 Å². The fraction of sp³-hybridized carbons (Fsp3) is 0.875. The molecule has 1 radical (unpaired) electrons. The first-order valence-corrected chi connectivity index (χ1v) is 3.80. The van der Waals surface area contributed by atoms with Gasteiger partial charge in [-0.3, -0.25) is 0 Å². The van der Waals surface area contributed by atoms with Gasteiger partial charge in [0, 0.05) is 0 Å². The van der Waals surface area contributed by atoms with Crippen molar-refractivity contribution in [2.24, 2.45) is 5.92 Å². The van der Waals surface area contributed by atoms with E-state index in [0.29, 0.717) is 5.92 Å². The van der Waals surface area contributed by atoms with Crippen LogP contribution in [0.15, 0.2) is 0 Å². The second kappa shape index (κ2) is 3.21. The average Bonchev–Trinajstić information content (AvgIpc) is 1.88. The molecule has 2 unspecified atom stereocenters. The molecule has 2 atom stereocenters. The van der Waals surface area contributed by atoms with Crippen molar-refractivity contribution in [3.63, 3.8) is 0 Å². The lowest BCUT2D eigenvalue weighted by atomic mass is 9.86. The maximum atomic E-state index is 9.19. The van der Waals surface area contributed by atoms with Crippen molar-refractivity contribution in [3.8, 4) is 0 Å². The second-order valence-corrected chi connectivity index (χ2v) is 2.91. The Morgan fingerprint density at radius 1 is 1.44 bits per heavy atom. The normalized spacial score (nSPS) is 36.7. The number of aliphatic hydroxyl groups excluding tert-OH is 1. The van der Waals surface area contributed by atoms with E-state index in [-0.39, 0.29) is 6.10 Å². The molecule has 1 N–H and O–H groups in total. The molecule has 1 rings (SSSR count). The molecule has 0 amide bonds. The molecule has 1 aliphatic rings. The first-order chi connectivity index (χ1) is 4.33. The quantitative estimate of drug-likeness (QED) is 0.569. The molecule has 1 fully saturated rings. The predicted molar refractivity (Wildman–Crippen MR) is 37.9 cm³/mol. The molecule has 0 saturated heterocycles. The fourth-order valence-electron chi connectivity index (χ4n) is 1.50. The lowest BCUT2D eigenvalue weighted by Crippen LogP contribution is -2.18. The van der Waals surface area contributed by atoms with E-state index >= 15 is 0 Å². The third-order valence-corrected chi connectivity index (χ3v) is 2.16. The van der Waals surface area contributed by atoms with Gasteiger partial charge in [-0.25, -0.2) is 0 Å². The van der Waals surface area contributed by atoms with Crippen LogP contribution in [0.4, 0.5) is 0 Å². The van der Waals surface area contributed by atoms with Crippen LogP contribution in [-0.4, -0.2) is 11.2 Å². The molecule has 1 aliphatic carbocycles. The number of hydrogen-bond acceptors (Lipinski definition) is 1. The van der Waals surface area contributed by atoms with Crippen molar-refractivity contribution in [1.29, 1.82) is 0 Å². The minimum Gasteiger partial charge on any atom is -0.393 e. The van der Waals surface area contributed by atoms with E-state index in [0.717, 1.165) is 12.8 Å². The maximum absolute atomic E-state index is 9.19. The first kappa shape index (κ1) is 7.07. The monoisotopic (exact) mass is 127 g/mol. The summed E-state index contributed by atoms with van der Waals surface area (Å²) in [5.74, 6) is 0.689. The molecule has 1 nitrogen and oxygen atoms in total. The Kier molecular flexibility index (Phi) is 2.52. The Balaban J connectivity index is 2.23. The van der Waals surface area contributed by atoms with Gasteiger partial charge < -0.3 is 5.11 Å². The van der Waals surface area contributed by atoms with Crippen LogP contribution in [0.5, 0.6) is 0 Å². The van der Waals surface area contributed by atoms with Crippen molar-refractivity contribution in [1.82, 2.24) is 0 Å². The molecule has 0 aromatic carbocycles. The Morgan fingerprint density at radius 2 is 2.22 bits per heavy atom. The highest BCUT2D eigenvalue weighted by Gasteiger charge is 2.17. The van der Waals surface area contributed by atoms with Gasteiger partial charge in [0.2, 0.25) is 0 Å². The third-order valence-electron chi connectivity index (χ3n) is 2.16. The van der Waals surface area contributed by atoms with Crippen molar-refractivity contribution >= 4 is 0 Å². The molecule has 1 saturated carbocycles. The zero-order chi connectivity index (χ0) is 6.69. The standard InChI is InChI=1S/C8H15O/c1-2-7-4-3-5-8(9)6-7/h2,7-9H,3-6H2,1H3. The van der Waals surface area contributed by atoms with E-state index in [1.54, 1.807) is 0 Å². The molecule has 0 aliphatic heterocycles. The average molecular weight is 127 g/mol. The molecular formula is C8H15O. The van der Waals surface area contributed by atoms with E-state index in [1.165, 1.54) is 12.8 Å². The van der Waals surface area contributed by atoms with E-state index in [4.69, 9.17) is 0 Å². The number of hydrogen-bond donors (Lipinski definition) is 1. The molecule has 9 heavy (non-hydrogen) atoms. The smallest absolute Gasteiger partial charge is 0.0543 e. The molecule has 0 aromatic rings. The molecule has 0 spiro atoms. The van der Waals surface area contributed by atoms with Crippen LogP contribution in [0.3, 0.4) is 0 Å². The Morgan fingerprint density at radius 3 is 2.67 bits per heavy atom. The molecule has 0 heterocycles. The highest BCUT2D eigenvalue weighted by Crippen LogP contribution is 2.25. The molecule has 53 valence electrons. The minimum atomic E-state index is -0.0139. The molecule has 1 heteroatoms. The van der Waals surface area contributed by atoms with Crippen molar-refractivity contribution in [3.05, 3.63) is 6.42 Å². The first-order valence-electron chi connectivity index (χ1n) is 3.80. The Bertz CT molecular complexity index is 80.6. The highest BCUT2D eigenvalue weighted by atomic mass is 16.3. The summed E-state index contributed by atoms with van der Waals surface area (Å²) in [4.78, 5) is 0. The van der Waals surface area contributed by atoms with Crippen LogP contribution in [0.2, 0.25) is 0 Å². The van der Waals surface area contributed by atoms with Crippen LogP contribution >= 0.6 is 0 Å². The van der Waals surface area contributed by atoms with Gasteiger partial charge in [0.15, 0.2) is 0 Å². The number of aliphatic hydroxyl groups is 1. The van der Waals surface area contributed by atoms with Gasteiger partial charge in [0.1, 0.15) is 0 Å². The fourth-order valence-corrected chi connectivity index (χ4v) is 1.50. The van der Waals surface area contributed by atoms with E-state index < -0.39 is 0 Å². The summed E-state index contributed by atoms with van der Waals surface area (Å²) < 4.78 is 0. The lowest BCUT2D eigenvalue weighted by molar-refractivity contribution is 0.109. The summed E-state index contributed by atoms with van der Waals surface area (Å²) in [7, 11) is 0. The van der Waals surface area contributed by atoms with Gasteiger partial charge >= 0.3 is 0 Å². The zero-order valence-corrected chi connectivity index (χ0v) is 6.01. The second-order valence-electron chi connectivity index (χ2n) is 2.91. The van der Waals surface area contributed by atoms with E-state index in [9.17, 15) is 5.11 Å². The summed E-state index contributed by atoms with van der Waals surface area (Å²) in [6.07, 6.45) is 6.70. The molecular weight excluding hydrogens is 112 g/mol. The maximum Gasteiger partial charge on any atom is 0.0543 e. The SMILES string of the molecule is C[CH]C1CCCC(O)C1. The van der Waals surface area contributed by atoms with E-state index in [1.807, 2.05) is 0 Å². The Labute approximate surface area is 57.1 Å². The summed E-state index contributed by atoms with van der Waals surface area (Å²) in [6, 6.07) is 0. The summed E-state index contributed by atoms with van der Waals surface area (Å²) in [6.45, 7) is 2.09.